The summed E-state index contributed by atoms with van der Waals surface area (Å²) in [4.78, 5) is 13.8. The first-order valence-electron chi connectivity index (χ1n) is 11.3. The molecule has 0 amide bonds. The van der Waals surface area contributed by atoms with Gasteiger partial charge in [-0.05, 0) is 31.9 Å². The molecule has 2 aliphatic rings. The van der Waals surface area contributed by atoms with Crippen molar-refractivity contribution in [3.63, 3.8) is 0 Å². The van der Waals surface area contributed by atoms with Crippen molar-refractivity contribution in [1.82, 2.24) is 24.6 Å². The minimum atomic E-state index is -4.90. The summed E-state index contributed by atoms with van der Waals surface area (Å²) in [6.07, 6.45) is -0.0592. The van der Waals surface area contributed by atoms with E-state index in [-0.39, 0.29) is 35.3 Å². The third kappa shape index (κ3) is 5.70. The second-order valence-corrected chi connectivity index (χ2v) is 10.9. The number of sulfonamides is 1. The maximum atomic E-state index is 13.1. The molecule has 11 nitrogen and oxygen atoms in total. The molecule has 15 heteroatoms. The number of alkyl halides is 3. The van der Waals surface area contributed by atoms with Crippen molar-refractivity contribution in [1.29, 1.82) is 0 Å². The van der Waals surface area contributed by atoms with E-state index in [4.69, 9.17) is 10.5 Å². The zero-order chi connectivity index (χ0) is 26.1. The SMILES string of the molecule is CC(O)(c1cnc(N[C@H](CNS(=O)(=O)c2ccc(N)nc2)CN2C3CCC2COC3)nc1)C(F)(F)F. The Hall–Kier alpha value is -2.59. The molecule has 3 unspecified atom stereocenters. The van der Waals surface area contributed by atoms with Gasteiger partial charge in [0.2, 0.25) is 16.0 Å². The van der Waals surface area contributed by atoms with Crippen LogP contribution in [0, 0.1) is 0 Å². The second-order valence-electron chi connectivity index (χ2n) is 9.10. The summed E-state index contributed by atoms with van der Waals surface area (Å²) < 4.78 is 73.1. The molecule has 2 bridgehead atoms. The van der Waals surface area contributed by atoms with E-state index in [1.54, 1.807) is 0 Å². The van der Waals surface area contributed by atoms with Crippen LogP contribution >= 0.6 is 0 Å². The van der Waals surface area contributed by atoms with Gasteiger partial charge in [0.05, 0.1) is 19.3 Å². The first kappa shape index (κ1) is 26.5. The van der Waals surface area contributed by atoms with Crippen LogP contribution in [0.25, 0.3) is 0 Å². The minimum absolute atomic E-state index is 0.00400. The van der Waals surface area contributed by atoms with Crippen molar-refractivity contribution in [2.45, 2.75) is 54.6 Å². The standard InChI is InChI=1S/C21H28F3N7O4S/c1-20(32,21(22,23)24)13-6-27-19(28-7-13)30-14(10-31-15-2-3-16(31)12-35-11-15)8-29-36(33,34)17-4-5-18(25)26-9-17/h4-7,9,14-16,29,32H,2-3,8,10-12H2,1H3,(H2,25,26)(H,27,28,30)/t14-,15?,16?,20?/m1/s1. The fourth-order valence-corrected chi connectivity index (χ4v) is 5.30. The highest BCUT2D eigenvalue weighted by molar-refractivity contribution is 7.89. The topological polar surface area (TPSA) is 156 Å². The van der Waals surface area contributed by atoms with Crippen molar-refractivity contribution in [2.75, 3.05) is 37.4 Å². The van der Waals surface area contributed by atoms with Crippen LogP contribution in [0.2, 0.25) is 0 Å². The summed E-state index contributed by atoms with van der Waals surface area (Å²) in [6, 6.07) is 2.56. The first-order chi connectivity index (χ1) is 16.9. The molecule has 4 heterocycles. The van der Waals surface area contributed by atoms with Gasteiger partial charge in [-0.15, -0.1) is 0 Å². The van der Waals surface area contributed by atoms with Crippen LogP contribution in [0.5, 0.6) is 0 Å². The van der Waals surface area contributed by atoms with E-state index in [9.17, 15) is 26.7 Å². The van der Waals surface area contributed by atoms with E-state index in [2.05, 4.69) is 29.9 Å². The lowest BCUT2D eigenvalue weighted by Crippen LogP contribution is -2.52. The summed E-state index contributed by atoms with van der Waals surface area (Å²) in [6.45, 7) is 2.13. The number of aromatic nitrogens is 3. The highest BCUT2D eigenvalue weighted by Gasteiger charge is 2.51. The Bertz CT molecular complexity index is 1130. The lowest BCUT2D eigenvalue weighted by molar-refractivity contribution is -0.259. The molecule has 2 aromatic heterocycles. The molecular weight excluding hydrogens is 503 g/mol. The van der Waals surface area contributed by atoms with Gasteiger partial charge in [-0.2, -0.15) is 13.2 Å². The summed E-state index contributed by atoms with van der Waals surface area (Å²) in [5, 5.41) is 12.9. The summed E-state index contributed by atoms with van der Waals surface area (Å²) in [5.74, 6) is 0.178. The predicted octanol–water partition coefficient (Wildman–Crippen LogP) is 0.846. The van der Waals surface area contributed by atoms with Gasteiger partial charge in [-0.25, -0.2) is 28.1 Å². The molecule has 0 saturated carbocycles. The van der Waals surface area contributed by atoms with E-state index in [0.717, 1.165) is 31.4 Å². The van der Waals surface area contributed by atoms with Crippen molar-refractivity contribution < 1.29 is 31.4 Å². The molecule has 0 radical (unpaired) electrons. The van der Waals surface area contributed by atoms with Crippen LogP contribution in [-0.2, 0) is 20.4 Å². The molecule has 4 rings (SSSR count). The number of halogens is 3. The van der Waals surface area contributed by atoms with E-state index in [0.29, 0.717) is 26.7 Å². The average Bonchev–Trinajstić information content (AvgIpc) is 3.02. The van der Waals surface area contributed by atoms with Gasteiger partial charge in [-0.1, -0.05) is 0 Å². The van der Waals surface area contributed by atoms with Gasteiger partial charge in [0.1, 0.15) is 10.7 Å². The van der Waals surface area contributed by atoms with Crippen molar-refractivity contribution in [3.8, 4) is 0 Å². The van der Waals surface area contributed by atoms with Gasteiger partial charge < -0.3 is 20.9 Å². The fourth-order valence-electron chi connectivity index (χ4n) is 4.27. The number of hydrogen-bond donors (Lipinski definition) is 4. The highest BCUT2D eigenvalue weighted by Crippen LogP contribution is 2.38. The molecule has 2 aromatic rings. The molecule has 4 atom stereocenters. The maximum absolute atomic E-state index is 13.1. The number of ether oxygens (including phenoxy) is 1. The van der Waals surface area contributed by atoms with Gasteiger partial charge >= 0.3 is 6.18 Å². The Labute approximate surface area is 206 Å². The second kappa shape index (κ2) is 10.0. The molecule has 2 fully saturated rings. The zero-order valence-corrected chi connectivity index (χ0v) is 20.3. The van der Waals surface area contributed by atoms with E-state index < -0.39 is 33.4 Å². The Balaban J connectivity index is 1.50. The number of nitrogens with one attached hydrogen (secondary N) is 2. The number of anilines is 2. The normalized spacial score (nSPS) is 23.2. The van der Waals surface area contributed by atoms with Crippen molar-refractivity contribution >= 4 is 21.8 Å². The highest BCUT2D eigenvalue weighted by atomic mass is 32.2. The van der Waals surface area contributed by atoms with E-state index in [1.165, 1.54) is 12.1 Å². The Morgan fingerprint density at radius 2 is 1.81 bits per heavy atom. The lowest BCUT2D eigenvalue weighted by Gasteiger charge is -2.37. The molecule has 198 valence electrons. The van der Waals surface area contributed by atoms with Crippen LogP contribution in [0.1, 0.15) is 25.3 Å². The smallest absolute Gasteiger partial charge is 0.384 e. The Morgan fingerprint density at radius 3 is 2.36 bits per heavy atom. The maximum Gasteiger partial charge on any atom is 0.421 e. The van der Waals surface area contributed by atoms with Crippen molar-refractivity contribution in [3.05, 3.63) is 36.3 Å². The number of rotatable bonds is 9. The molecule has 5 N–H and O–H groups in total. The summed E-state index contributed by atoms with van der Waals surface area (Å²) >= 11 is 0. The molecule has 0 aromatic carbocycles. The number of fused-ring (bicyclic) bond motifs is 2. The average molecular weight is 532 g/mol. The molecule has 2 aliphatic heterocycles. The lowest BCUT2D eigenvalue weighted by atomic mass is 9.99. The molecular formula is C21H28F3N7O4S. The van der Waals surface area contributed by atoms with E-state index >= 15 is 0 Å². The monoisotopic (exact) mass is 531 g/mol. The largest absolute Gasteiger partial charge is 0.421 e. The van der Waals surface area contributed by atoms with Crippen LogP contribution in [0.4, 0.5) is 24.9 Å². The van der Waals surface area contributed by atoms with Crippen molar-refractivity contribution in [2.24, 2.45) is 0 Å². The molecule has 36 heavy (non-hydrogen) atoms. The van der Waals surface area contributed by atoms with Crippen LogP contribution < -0.4 is 15.8 Å². The van der Waals surface area contributed by atoms with E-state index in [1.807, 2.05) is 0 Å². The fraction of sp³-hybridized carbons (Fsp3) is 0.571. The third-order valence-electron chi connectivity index (χ3n) is 6.51. The Kier molecular flexibility index (Phi) is 7.39. The summed E-state index contributed by atoms with van der Waals surface area (Å²) in [5.41, 5.74) is 1.91. The van der Waals surface area contributed by atoms with Crippen LogP contribution in [0.15, 0.2) is 35.6 Å². The van der Waals surface area contributed by atoms with Crippen LogP contribution in [0.3, 0.4) is 0 Å². The van der Waals surface area contributed by atoms with Gasteiger partial charge in [0, 0.05) is 49.3 Å². The third-order valence-corrected chi connectivity index (χ3v) is 7.92. The number of nitrogen functional groups attached to an aromatic ring is 1. The number of hydrogen-bond acceptors (Lipinski definition) is 10. The van der Waals surface area contributed by atoms with Gasteiger partial charge in [0.15, 0.2) is 5.60 Å². The first-order valence-corrected chi connectivity index (χ1v) is 12.8. The molecule has 0 spiro atoms. The molecule has 2 saturated heterocycles. The number of pyridine rings is 1. The zero-order valence-electron chi connectivity index (χ0n) is 19.4. The minimum Gasteiger partial charge on any atom is -0.384 e. The number of morpholine rings is 1. The molecule has 0 aliphatic carbocycles. The number of aliphatic hydroxyl groups is 1. The van der Waals surface area contributed by atoms with Gasteiger partial charge in [-0.3, -0.25) is 4.90 Å². The predicted molar refractivity (Wildman–Crippen MR) is 123 cm³/mol. The summed E-state index contributed by atoms with van der Waals surface area (Å²) in [7, 11) is -3.91. The number of nitrogens with zero attached hydrogens (tertiary/aromatic N) is 4. The number of nitrogens with two attached hydrogens (primary N) is 1. The van der Waals surface area contributed by atoms with Crippen LogP contribution in [-0.4, -0.2) is 84.0 Å². The quantitative estimate of drug-likeness (QED) is 0.366. The van der Waals surface area contributed by atoms with Gasteiger partial charge in [0.25, 0.3) is 0 Å². The Morgan fingerprint density at radius 1 is 1.17 bits per heavy atom.